The lowest BCUT2D eigenvalue weighted by Gasteiger charge is -2.06. The molecule has 0 spiro atoms. The van der Waals surface area contributed by atoms with Crippen LogP contribution in [0.25, 0.3) is 0 Å². The SMILES string of the molecule is O=C(Nc1ccc(F)cc1I)c1cncc(Cl)n1. The summed E-state index contributed by atoms with van der Waals surface area (Å²) in [6, 6.07) is 4.06. The van der Waals surface area contributed by atoms with Crippen LogP contribution in [0.3, 0.4) is 0 Å². The summed E-state index contributed by atoms with van der Waals surface area (Å²) in [5.41, 5.74) is 0.603. The highest BCUT2D eigenvalue weighted by Gasteiger charge is 2.11. The smallest absolute Gasteiger partial charge is 0.275 e. The van der Waals surface area contributed by atoms with Crippen molar-refractivity contribution in [3.05, 3.63) is 50.8 Å². The number of nitrogens with zero attached hydrogens (tertiary/aromatic N) is 2. The van der Waals surface area contributed by atoms with Gasteiger partial charge in [-0.05, 0) is 40.8 Å². The molecule has 0 aliphatic carbocycles. The van der Waals surface area contributed by atoms with Crippen molar-refractivity contribution in [1.29, 1.82) is 0 Å². The maximum absolute atomic E-state index is 12.9. The number of aromatic nitrogens is 2. The van der Waals surface area contributed by atoms with E-state index in [1.165, 1.54) is 30.6 Å². The third kappa shape index (κ3) is 3.14. The summed E-state index contributed by atoms with van der Waals surface area (Å²) in [7, 11) is 0. The van der Waals surface area contributed by atoms with Gasteiger partial charge < -0.3 is 5.32 Å². The van der Waals surface area contributed by atoms with Crippen molar-refractivity contribution in [1.82, 2.24) is 9.97 Å². The zero-order valence-corrected chi connectivity index (χ0v) is 11.7. The van der Waals surface area contributed by atoms with Gasteiger partial charge in [-0.25, -0.2) is 9.37 Å². The standard InChI is InChI=1S/C11H6ClFIN3O/c12-10-5-15-4-9(16-10)11(18)17-8-2-1-6(13)3-7(8)14/h1-5H,(H,17,18). The second-order valence-electron chi connectivity index (χ2n) is 3.31. The lowest BCUT2D eigenvalue weighted by Crippen LogP contribution is -2.14. The molecule has 0 saturated heterocycles. The third-order valence-electron chi connectivity index (χ3n) is 2.02. The molecule has 7 heteroatoms. The highest BCUT2D eigenvalue weighted by atomic mass is 127. The first-order valence-corrected chi connectivity index (χ1v) is 6.26. The van der Waals surface area contributed by atoms with E-state index in [1.807, 2.05) is 22.6 Å². The summed E-state index contributed by atoms with van der Waals surface area (Å²) in [4.78, 5) is 19.4. The van der Waals surface area contributed by atoms with Gasteiger partial charge in [0.05, 0.1) is 18.1 Å². The topological polar surface area (TPSA) is 54.9 Å². The van der Waals surface area contributed by atoms with Gasteiger partial charge in [-0.15, -0.1) is 0 Å². The molecule has 1 aromatic heterocycles. The molecule has 92 valence electrons. The van der Waals surface area contributed by atoms with Crippen LogP contribution in [0.15, 0.2) is 30.6 Å². The molecule has 0 saturated carbocycles. The Bertz CT molecular complexity index is 609. The fourth-order valence-corrected chi connectivity index (χ4v) is 1.99. The molecular weight excluding hydrogens is 371 g/mol. The minimum absolute atomic E-state index is 0.0997. The molecule has 0 aliphatic rings. The predicted molar refractivity (Wildman–Crippen MR) is 74.1 cm³/mol. The van der Waals surface area contributed by atoms with Gasteiger partial charge in [-0.2, -0.15) is 0 Å². The average Bonchev–Trinajstić information content (AvgIpc) is 2.32. The number of amides is 1. The van der Waals surface area contributed by atoms with Gasteiger partial charge in [-0.3, -0.25) is 9.78 Å². The number of benzene rings is 1. The van der Waals surface area contributed by atoms with Crippen LogP contribution in [-0.4, -0.2) is 15.9 Å². The second kappa shape index (κ2) is 5.57. The normalized spacial score (nSPS) is 10.2. The highest BCUT2D eigenvalue weighted by molar-refractivity contribution is 14.1. The van der Waals surface area contributed by atoms with Crippen molar-refractivity contribution in [2.45, 2.75) is 0 Å². The van der Waals surface area contributed by atoms with E-state index < -0.39 is 5.91 Å². The fourth-order valence-electron chi connectivity index (χ4n) is 1.23. The van der Waals surface area contributed by atoms with Crippen molar-refractivity contribution in [3.63, 3.8) is 0 Å². The minimum atomic E-state index is -0.450. The van der Waals surface area contributed by atoms with E-state index in [1.54, 1.807) is 0 Å². The molecule has 0 unspecified atom stereocenters. The van der Waals surface area contributed by atoms with Gasteiger partial charge in [0.2, 0.25) is 0 Å². The molecule has 0 aliphatic heterocycles. The summed E-state index contributed by atoms with van der Waals surface area (Å²) in [5.74, 6) is -0.811. The maximum atomic E-state index is 12.9. The Kier molecular flexibility index (Phi) is 4.07. The van der Waals surface area contributed by atoms with Gasteiger partial charge in [0.25, 0.3) is 5.91 Å². The van der Waals surface area contributed by atoms with Crippen LogP contribution < -0.4 is 5.32 Å². The predicted octanol–water partition coefficient (Wildman–Crippen LogP) is 3.13. The molecular formula is C11H6ClFIN3O. The molecule has 1 heterocycles. The Hall–Kier alpha value is -1.28. The Morgan fingerprint density at radius 2 is 2.17 bits per heavy atom. The second-order valence-corrected chi connectivity index (χ2v) is 4.85. The fraction of sp³-hybridized carbons (Fsp3) is 0. The van der Waals surface area contributed by atoms with Crippen LogP contribution >= 0.6 is 34.2 Å². The molecule has 1 amide bonds. The molecule has 0 bridgehead atoms. The number of carbonyl (C=O) groups is 1. The largest absolute Gasteiger partial charge is 0.320 e. The summed E-state index contributed by atoms with van der Waals surface area (Å²) < 4.78 is 13.5. The Morgan fingerprint density at radius 1 is 1.39 bits per heavy atom. The van der Waals surface area contributed by atoms with E-state index in [0.717, 1.165) is 0 Å². The first kappa shape index (κ1) is 13.2. The molecule has 1 N–H and O–H groups in total. The summed E-state index contributed by atoms with van der Waals surface area (Å²) in [6.45, 7) is 0. The molecule has 0 radical (unpaired) electrons. The molecule has 0 fully saturated rings. The first-order valence-electron chi connectivity index (χ1n) is 4.80. The number of nitrogens with one attached hydrogen (secondary N) is 1. The maximum Gasteiger partial charge on any atom is 0.275 e. The van der Waals surface area contributed by atoms with Gasteiger partial charge in [0.1, 0.15) is 16.7 Å². The zero-order valence-electron chi connectivity index (χ0n) is 8.82. The van der Waals surface area contributed by atoms with Crippen molar-refractivity contribution in [2.75, 3.05) is 5.32 Å². The van der Waals surface area contributed by atoms with Crippen molar-refractivity contribution in [2.24, 2.45) is 0 Å². The van der Waals surface area contributed by atoms with Gasteiger partial charge >= 0.3 is 0 Å². The van der Waals surface area contributed by atoms with Crippen molar-refractivity contribution >= 4 is 45.8 Å². The minimum Gasteiger partial charge on any atom is -0.320 e. The quantitative estimate of drug-likeness (QED) is 0.818. The molecule has 2 aromatic rings. The van der Waals surface area contributed by atoms with E-state index in [0.29, 0.717) is 9.26 Å². The van der Waals surface area contributed by atoms with Crippen LogP contribution in [0.4, 0.5) is 10.1 Å². The number of hydrogen-bond acceptors (Lipinski definition) is 3. The monoisotopic (exact) mass is 377 g/mol. The highest BCUT2D eigenvalue weighted by Crippen LogP contribution is 2.19. The third-order valence-corrected chi connectivity index (χ3v) is 3.09. The van der Waals surface area contributed by atoms with Gasteiger partial charge in [0, 0.05) is 3.57 Å². The molecule has 1 aromatic carbocycles. The summed E-state index contributed by atoms with van der Waals surface area (Å²) in [6.07, 6.45) is 2.64. The number of hydrogen-bond donors (Lipinski definition) is 1. The lowest BCUT2D eigenvalue weighted by atomic mass is 10.3. The van der Waals surface area contributed by atoms with Crippen molar-refractivity contribution in [3.8, 4) is 0 Å². The summed E-state index contributed by atoms with van der Waals surface area (Å²) in [5, 5.41) is 2.74. The van der Waals surface area contributed by atoms with Crippen LogP contribution in [0.1, 0.15) is 10.5 Å². The molecule has 4 nitrogen and oxygen atoms in total. The van der Waals surface area contributed by atoms with Crippen LogP contribution in [-0.2, 0) is 0 Å². The average molecular weight is 378 g/mol. The van der Waals surface area contributed by atoms with Gasteiger partial charge in [-0.1, -0.05) is 11.6 Å². The number of anilines is 1. The first-order chi connectivity index (χ1) is 8.56. The van der Waals surface area contributed by atoms with Crippen LogP contribution in [0.2, 0.25) is 5.15 Å². The molecule has 0 atom stereocenters. The van der Waals surface area contributed by atoms with Crippen LogP contribution in [0, 0.1) is 9.39 Å². The van der Waals surface area contributed by atoms with E-state index in [4.69, 9.17) is 11.6 Å². The Balaban J connectivity index is 2.21. The van der Waals surface area contributed by atoms with E-state index in [-0.39, 0.29) is 16.7 Å². The number of halogens is 3. The van der Waals surface area contributed by atoms with E-state index in [9.17, 15) is 9.18 Å². The van der Waals surface area contributed by atoms with Crippen molar-refractivity contribution < 1.29 is 9.18 Å². The number of rotatable bonds is 2. The molecule has 2 rings (SSSR count). The Labute approximate surface area is 121 Å². The number of carbonyl (C=O) groups excluding carboxylic acids is 1. The van der Waals surface area contributed by atoms with E-state index >= 15 is 0 Å². The lowest BCUT2D eigenvalue weighted by molar-refractivity contribution is 0.102. The Morgan fingerprint density at radius 3 is 2.83 bits per heavy atom. The van der Waals surface area contributed by atoms with Crippen LogP contribution in [0.5, 0.6) is 0 Å². The van der Waals surface area contributed by atoms with Gasteiger partial charge in [0.15, 0.2) is 0 Å². The van der Waals surface area contributed by atoms with E-state index in [2.05, 4.69) is 15.3 Å². The summed E-state index contributed by atoms with van der Waals surface area (Å²) >= 11 is 7.57. The molecule has 18 heavy (non-hydrogen) atoms. The zero-order chi connectivity index (χ0) is 13.1.